The molecule has 4 heteroatoms. The van der Waals surface area contributed by atoms with Crippen molar-refractivity contribution in [3.8, 4) is 5.75 Å². The maximum atomic E-state index is 13.7. The average molecular weight is 254 g/mol. The summed E-state index contributed by atoms with van der Waals surface area (Å²) in [5, 5.41) is 1.09. The molecule has 0 fully saturated rings. The highest BCUT2D eigenvalue weighted by molar-refractivity contribution is 6.36. The minimum absolute atomic E-state index is 0.268. The molecule has 0 spiro atoms. The monoisotopic (exact) mass is 253 g/mol. The first-order valence-corrected chi connectivity index (χ1v) is 5.79. The molecular formula is C13H13ClFNO. The summed E-state index contributed by atoms with van der Waals surface area (Å²) in [6.07, 6.45) is 0.757. The first-order chi connectivity index (χ1) is 8.10. The summed E-state index contributed by atoms with van der Waals surface area (Å²) >= 11 is 6.32. The molecule has 2 rings (SSSR count). The van der Waals surface area contributed by atoms with Crippen molar-refractivity contribution in [1.82, 2.24) is 4.98 Å². The lowest BCUT2D eigenvalue weighted by Gasteiger charge is -2.12. The number of hydrogen-bond acceptors (Lipinski definition) is 2. The van der Waals surface area contributed by atoms with E-state index in [2.05, 4.69) is 4.98 Å². The molecule has 0 radical (unpaired) electrons. The average Bonchev–Trinajstić information content (AvgIpc) is 2.31. The van der Waals surface area contributed by atoms with Crippen molar-refractivity contribution in [3.05, 3.63) is 34.2 Å². The van der Waals surface area contributed by atoms with E-state index in [-0.39, 0.29) is 11.3 Å². The normalized spacial score (nSPS) is 10.9. The van der Waals surface area contributed by atoms with E-state index in [0.29, 0.717) is 16.2 Å². The Labute approximate surface area is 104 Å². The zero-order valence-corrected chi connectivity index (χ0v) is 10.7. The maximum Gasteiger partial charge on any atom is 0.149 e. The number of methoxy groups -OCH3 is 1. The first kappa shape index (κ1) is 12.1. The van der Waals surface area contributed by atoms with Crippen LogP contribution >= 0.6 is 11.6 Å². The molecule has 0 atom stereocenters. The van der Waals surface area contributed by atoms with Gasteiger partial charge in [-0.05, 0) is 31.0 Å². The van der Waals surface area contributed by atoms with Crippen molar-refractivity contribution in [2.24, 2.45) is 0 Å². The van der Waals surface area contributed by atoms with Crippen LogP contribution in [-0.2, 0) is 6.42 Å². The van der Waals surface area contributed by atoms with Crippen LogP contribution in [-0.4, -0.2) is 12.1 Å². The Morgan fingerprint density at radius 1 is 1.41 bits per heavy atom. The van der Waals surface area contributed by atoms with Gasteiger partial charge in [0.2, 0.25) is 0 Å². The van der Waals surface area contributed by atoms with E-state index in [1.807, 2.05) is 13.8 Å². The molecule has 1 heterocycles. The van der Waals surface area contributed by atoms with Crippen molar-refractivity contribution in [2.45, 2.75) is 20.3 Å². The first-order valence-electron chi connectivity index (χ1n) is 5.41. The maximum absolute atomic E-state index is 13.7. The number of aromatic nitrogens is 1. The Kier molecular flexibility index (Phi) is 3.20. The lowest BCUT2D eigenvalue weighted by atomic mass is 10.1. The number of benzene rings is 1. The quantitative estimate of drug-likeness (QED) is 0.810. The van der Waals surface area contributed by atoms with Crippen molar-refractivity contribution >= 4 is 22.5 Å². The Balaban J connectivity index is 2.95. The van der Waals surface area contributed by atoms with Crippen LogP contribution in [0.1, 0.15) is 18.2 Å². The molecule has 0 saturated heterocycles. The molecule has 0 saturated carbocycles. The zero-order chi connectivity index (χ0) is 12.6. The number of pyridine rings is 1. The highest BCUT2D eigenvalue weighted by Gasteiger charge is 2.16. The fourth-order valence-corrected chi connectivity index (χ4v) is 2.45. The van der Waals surface area contributed by atoms with Crippen molar-refractivity contribution in [1.29, 1.82) is 0 Å². The van der Waals surface area contributed by atoms with Crippen LogP contribution in [0.3, 0.4) is 0 Å². The number of hydrogen-bond donors (Lipinski definition) is 0. The summed E-state index contributed by atoms with van der Waals surface area (Å²) in [6, 6.07) is 2.91. The fourth-order valence-electron chi connectivity index (χ4n) is 1.99. The summed E-state index contributed by atoms with van der Waals surface area (Å²) in [7, 11) is 1.54. The smallest absolute Gasteiger partial charge is 0.149 e. The van der Waals surface area contributed by atoms with Gasteiger partial charge in [0.1, 0.15) is 17.1 Å². The second-order valence-electron chi connectivity index (χ2n) is 3.82. The molecule has 0 aliphatic rings. The Morgan fingerprint density at radius 3 is 2.71 bits per heavy atom. The van der Waals surface area contributed by atoms with E-state index >= 15 is 0 Å². The van der Waals surface area contributed by atoms with Gasteiger partial charge >= 0.3 is 0 Å². The Hall–Kier alpha value is -1.35. The number of ether oxygens (including phenoxy) is 1. The van der Waals surface area contributed by atoms with E-state index < -0.39 is 0 Å². The lowest BCUT2D eigenvalue weighted by molar-refractivity contribution is 0.419. The summed E-state index contributed by atoms with van der Waals surface area (Å²) in [5.74, 6) is 0.169. The zero-order valence-electron chi connectivity index (χ0n) is 9.97. The molecule has 90 valence electrons. The molecule has 17 heavy (non-hydrogen) atoms. The number of rotatable bonds is 2. The lowest BCUT2D eigenvalue weighted by Crippen LogP contribution is -1.98. The minimum atomic E-state index is -0.381. The predicted molar refractivity (Wildman–Crippen MR) is 67.4 cm³/mol. The molecule has 1 aromatic heterocycles. The summed E-state index contributed by atoms with van der Waals surface area (Å²) in [5.41, 5.74) is 1.96. The molecule has 0 N–H and O–H groups in total. The second kappa shape index (κ2) is 4.49. The highest BCUT2D eigenvalue weighted by atomic mass is 35.5. The van der Waals surface area contributed by atoms with Gasteiger partial charge < -0.3 is 4.74 Å². The molecule has 0 aliphatic heterocycles. The largest absolute Gasteiger partial charge is 0.496 e. The standard InChI is InChI=1S/C13H13ClFNO/c1-4-8-7(2)16-13-9(15)5-6-10(17-3)11(13)12(8)14/h5-6H,4H2,1-3H3. The molecule has 0 bridgehead atoms. The third kappa shape index (κ3) is 1.84. The molecule has 0 amide bonds. The molecule has 2 nitrogen and oxygen atoms in total. The summed E-state index contributed by atoms with van der Waals surface area (Å²) in [4.78, 5) is 4.28. The number of halogens is 2. The van der Waals surface area contributed by atoms with Crippen LogP contribution in [0.5, 0.6) is 5.75 Å². The van der Waals surface area contributed by atoms with Crippen molar-refractivity contribution in [3.63, 3.8) is 0 Å². The topological polar surface area (TPSA) is 22.1 Å². The molecule has 0 aliphatic carbocycles. The third-order valence-electron chi connectivity index (χ3n) is 2.86. The SMILES string of the molecule is CCc1c(C)nc2c(F)ccc(OC)c2c1Cl. The Bertz CT molecular complexity index is 583. The van der Waals surface area contributed by atoms with Gasteiger partial charge in [0.25, 0.3) is 0 Å². The van der Waals surface area contributed by atoms with E-state index in [4.69, 9.17) is 16.3 Å². The molecular weight excluding hydrogens is 241 g/mol. The summed E-state index contributed by atoms with van der Waals surface area (Å²) < 4.78 is 18.9. The molecule has 0 unspecified atom stereocenters. The predicted octanol–water partition coefficient (Wildman–Crippen LogP) is 3.91. The van der Waals surface area contributed by atoms with Gasteiger partial charge in [0, 0.05) is 5.69 Å². The number of nitrogens with zero attached hydrogens (tertiary/aromatic N) is 1. The van der Waals surface area contributed by atoms with E-state index in [1.165, 1.54) is 13.2 Å². The van der Waals surface area contributed by atoms with E-state index in [9.17, 15) is 4.39 Å². The van der Waals surface area contributed by atoms with Gasteiger partial charge in [-0.25, -0.2) is 9.37 Å². The van der Waals surface area contributed by atoms with Gasteiger partial charge in [-0.2, -0.15) is 0 Å². The van der Waals surface area contributed by atoms with E-state index in [1.54, 1.807) is 6.07 Å². The van der Waals surface area contributed by atoms with Crippen LogP contribution in [0, 0.1) is 12.7 Å². The van der Waals surface area contributed by atoms with E-state index in [0.717, 1.165) is 17.7 Å². The fraction of sp³-hybridized carbons (Fsp3) is 0.308. The minimum Gasteiger partial charge on any atom is -0.496 e. The number of aryl methyl sites for hydroxylation is 1. The second-order valence-corrected chi connectivity index (χ2v) is 4.19. The van der Waals surface area contributed by atoms with Crippen LogP contribution in [0.15, 0.2) is 12.1 Å². The van der Waals surface area contributed by atoms with Gasteiger partial charge in [0.15, 0.2) is 0 Å². The van der Waals surface area contributed by atoms with Crippen LogP contribution in [0.25, 0.3) is 10.9 Å². The number of fused-ring (bicyclic) bond motifs is 1. The Morgan fingerprint density at radius 2 is 2.12 bits per heavy atom. The van der Waals surface area contributed by atoms with Crippen LogP contribution < -0.4 is 4.74 Å². The van der Waals surface area contributed by atoms with Crippen molar-refractivity contribution in [2.75, 3.05) is 7.11 Å². The molecule has 1 aromatic carbocycles. The van der Waals surface area contributed by atoms with Gasteiger partial charge in [0.05, 0.1) is 17.5 Å². The van der Waals surface area contributed by atoms with Gasteiger partial charge in [-0.1, -0.05) is 18.5 Å². The molecule has 2 aromatic rings. The van der Waals surface area contributed by atoms with Crippen LogP contribution in [0.4, 0.5) is 4.39 Å². The highest BCUT2D eigenvalue weighted by Crippen LogP contribution is 2.36. The van der Waals surface area contributed by atoms with Gasteiger partial charge in [-0.15, -0.1) is 0 Å². The third-order valence-corrected chi connectivity index (χ3v) is 3.28. The summed E-state index contributed by atoms with van der Waals surface area (Å²) in [6.45, 7) is 3.83. The van der Waals surface area contributed by atoms with Gasteiger partial charge in [-0.3, -0.25) is 0 Å². The van der Waals surface area contributed by atoms with Crippen LogP contribution in [0.2, 0.25) is 5.02 Å². The van der Waals surface area contributed by atoms with Crippen molar-refractivity contribution < 1.29 is 9.13 Å².